The average Bonchev–Trinajstić information content (AvgIpc) is 2.10. The first-order valence-electron chi connectivity index (χ1n) is 3.97. The van der Waals surface area contributed by atoms with Gasteiger partial charge in [-0.3, -0.25) is 0 Å². The van der Waals surface area contributed by atoms with Crippen LogP contribution in [0.2, 0.25) is 6.04 Å². The number of hydrogen-bond acceptors (Lipinski definition) is 2. The summed E-state index contributed by atoms with van der Waals surface area (Å²) in [6.07, 6.45) is 3.00. The molecule has 0 fully saturated rings. The molecule has 74 valence electrons. The molecule has 0 unspecified atom stereocenters. The van der Waals surface area contributed by atoms with Crippen LogP contribution in [0.1, 0.15) is 12.8 Å². The number of carbonyl (C=O) groups is 1. The SMILES string of the molecule is C=CC(=O)OCCCC[Si]C(Cl)Cl. The maximum Gasteiger partial charge on any atom is 0.330 e. The predicted octanol–water partition coefficient (Wildman–Crippen LogP) is 2.38. The van der Waals surface area contributed by atoms with Crippen LogP contribution in [0.25, 0.3) is 0 Å². The molecule has 0 bridgehead atoms. The Morgan fingerprint density at radius 3 is 2.77 bits per heavy atom. The highest BCUT2D eigenvalue weighted by Gasteiger charge is 2.00. The number of rotatable bonds is 7. The van der Waals surface area contributed by atoms with E-state index in [0.29, 0.717) is 16.1 Å². The lowest BCUT2D eigenvalue weighted by Crippen LogP contribution is -2.04. The van der Waals surface area contributed by atoms with Crippen LogP contribution in [0.4, 0.5) is 0 Å². The zero-order chi connectivity index (χ0) is 10.1. The molecular formula is C8H12Cl2O2Si. The van der Waals surface area contributed by atoms with Crippen molar-refractivity contribution in [1.82, 2.24) is 0 Å². The van der Waals surface area contributed by atoms with Crippen LogP contribution in [-0.4, -0.2) is 26.6 Å². The smallest absolute Gasteiger partial charge is 0.330 e. The number of halogens is 2. The van der Waals surface area contributed by atoms with Gasteiger partial charge < -0.3 is 4.74 Å². The molecule has 0 atom stereocenters. The van der Waals surface area contributed by atoms with Gasteiger partial charge in [0.1, 0.15) is 0 Å². The van der Waals surface area contributed by atoms with Crippen molar-refractivity contribution < 1.29 is 9.53 Å². The molecule has 0 rings (SSSR count). The molecule has 2 nitrogen and oxygen atoms in total. The van der Waals surface area contributed by atoms with Gasteiger partial charge in [0.15, 0.2) is 0 Å². The molecule has 0 saturated carbocycles. The Kier molecular flexibility index (Phi) is 8.60. The van der Waals surface area contributed by atoms with Gasteiger partial charge in [0.25, 0.3) is 0 Å². The molecule has 0 aliphatic heterocycles. The number of carbonyl (C=O) groups excluding carboxylic acids is 1. The Hall–Kier alpha value is 0.00688. The number of hydrogen-bond donors (Lipinski definition) is 0. The lowest BCUT2D eigenvalue weighted by atomic mass is 10.4. The predicted molar refractivity (Wildman–Crippen MR) is 56.4 cm³/mol. The summed E-state index contributed by atoms with van der Waals surface area (Å²) < 4.78 is 4.52. The van der Waals surface area contributed by atoms with Crippen molar-refractivity contribution in [1.29, 1.82) is 0 Å². The third kappa shape index (κ3) is 9.92. The number of unbranched alkanes of at least 4 members (excludes halogenated alkanes) is 1. The van der Waals surface area contributed by atoms with Crippen LogP contribution in [0.15, 0.2) is 12.7 Å². The Morgan fingerprint density at radius 1 is 1.54 bits per heavy atom. The molecule has 0 aromatic carbocycles. The largest absolute Gasteiger partial charge is 0.463 e. The van der Waals surface area contributed by atoms with Gasteiger partial charge in [-0.25, -0.2) is 4.79 Å². The molecule has 0 N–H and O–H groups in total. The Morgan fingerprint density at radius 2 is 2.23 bits per heavy atom. The van der Waals surface area contributed by atoms with Gasteiger partial charge in [-0.15, -0.1) is 23.2 Å². The highest BCUT2D eigenvalue weighted by atomic mass is 35.5. The monoisotopic (exact) mass is 238 g/mol. The van der Waals surface area contributed by atoms with Crippen LogP contribution in [-0.2, 0) is 9.53 Å². The topological polar surface area (TPSA) is 26.3 Å². The highest BCUT2D eigenvalue weighted by Crippen LogP contribution is 2.04. The van der Waals surface area contributed by atoms with E-state index in [1.807, 2.05) is 0 Å². The third-order valence-electron chi connectivity index (χ3n) is 1.28. The minimum absolute atomic E-state index is 0.254. The van der Waals surface area contributed by atoms with Crippen molar-refractivity contribution >= 4 is 38.7 Å². The van der Waals surface area contributed by atoms with E-state index in [1.54, 1.807) is 0 Å². The average molecular weight is 239 g/mol. The fourth-order valence-electron chi connectivity index (χ4n) is 0.670. The van der Waals surface area contributed by atoms with E-state index >= 15 is 0 Å². The summed E-state index contributed by atoms with van der Waals surface area (Å²) in [7, 11) is 0.565. The Labute approximate surface area is 91.1 Å². The van der Waals surface area contributed by atoms with Crippen molar-refractivity contribution in [3.63, 3.8) is 0 Å². The van der Waals surface area contributed by atoms with Gasteiger partial charge in [0, 0.05) is 6.08 Å². The first-order chi connectivity index (χ1) is 6.16. The Balaban J connectivity index is 3.08. The zero-order valence-corrected chi connectivity index (χ0v) is 9.77. The normalized spacial score (nSPS) is 10.1. The fourth-order valence-corrected chi connectivity index (χ4v) is 2.00. The van der Waals surface area contributed by atoms with Crippen LogP contribution < -0.4 is 0 Å². The van der Waals surface area contributed by atoms with Gasteiger partial charge in [-0.05, 0) is 6.42 Å². The van der Waals surface area contributed by atoms with Gasteiger partial charge in [0.05, 0.1) is 20.6 Å². The highest BCUT2D eigenvalue weighted by molar-refractivity contribution is 6.68. The lowest BCUT2D eigenvalue weighted by molar-refractivity contribution is -0.137. The van der Waals surface area contributed by atoms with E-state index in [9.17, 15) is 4.79 Å². The van der Waals surface area contributed by atoms with Gasteiger partial charge >= 0.3 is 5.97 Å². The first kappa shape index (κ1) is 13.0. The maximum absolute atomic E-state index is 10.6. The standard InChI is InChI=1S/C8H12Cl2O2Si/c1-2-7(11)12-5-3-4-6-13-8(9)10/h2,8H,1,3-6H2. The molecule has 0 aliphatic carbocycles. The number of alkyl halides is 2. The molecular weight excluding hydrogens is 227 g/mol. The van der Waals surface area contributed by atoms with Crippen LogP contribution in [0.3, 0.4) is 0 Å². The van der Waals surface area contributed by atoms with Crippen molar-refractivity contribution in [3.8, 4) is 0 Å². The molecule has 0 saturated heterocycles. The zero-order valence-electron chi connectivity index (χ0n) is 7.26. The molecule has 13 heavy (non-hydrogen) atoms. The summed E-state index contributed by atoms with van der Waals surface area (Å²) in [5.74, 6) is -0.366. The molecule has 0 aliphatic rings. The van der Waals surface area contributed by atoms with Crippen molar-refractivity contribution in [2.75, 3.05) is 6.61 Å². The molecule has 0 aromatic heterocycles. The van der Waals surface area contributed by atoms with E-state index in [0.717, 1.165) is 25.0 Å². The lowest BCUT2D eigenvalue weighted by Gasteiger charge is -2.01. The van der Waals surface area contributed by atoms with E-state index in [1.165, 1.54) is 0 Å². The van der Waals surface area contributed by atoms with Crippen LogP contribution in [0, 0.1) is 0 Å². The number of ether oxygens (including phenoxy) is 1. The Bertz CT molecular complexity index is 162. The van der Waals surface area contributed by atoms with Crippen molar-refractivity contribution in [2.24, 2.45) is 0 Å². The second-order valence-electron chi connectivity index (χ2n) is 2.33. The molecule has 0 spiro atoms. The summed E-state index contributed by atoms with van der Waals surface area (Å²) >= 11 is 11.1. The van der Waals surface area contributed by atoms with E-state index in [2.05, 4.69) is 6.58 Å². The van der Waals surface area contributed by atoms with Crippen molar-refractivity contribution in [3.05, 3.63) is 12.7 Å². The van der Waals surface area contributed by atoms with Crippen LogP contribution in [0.5, 0.6) is 0 Å². The molecule has 0 heterocycles. The van der Waals surface area contributed by atoms with Gasteiger partial charge in [0.2, 0.25) is 0 Å². The maximum atomic E-state index is 10.6. The molecule has 0 amide bonds. The second-order valence-corrected chi connectivity index (χ2v) is 5.65. The quantitative estimate of drug-likeness (QED) is 0.224. The fraction of sp³-hybridized carbons (Fsp3) is 0.625. The third-order valence-corrected chi connectivity index (χ3v) is 3.16. The van der Waals surface area contributed by atoms with Gasteiger partial charge in [-0.1, -0.05) is 19.0 Å². The van der Waals surface area contributed by atoms with E-state index < -0.39 is 0 Å². The minimum Gasteiger partial charge on any atom is -0.463 e. The first-order valence-corrected chi connectivity index (χ1v) is 6.13. The van der Waals surface area contributed by atoms with Crippen molar-refractivity contribution in [2.45, 2.75) is 23.3 Å². The molecule has 0 aromatic rings. The molecule has 5 heteroatoms. The van der Waals surface area contributed by atoms with E-state index in [-0.39, 0.29) is 10.4 Å². The summed E-state index contributed by atoms with van der Waals surface area (Å²) in [5.41, 5.74) is 0. The summed E-state index contributed by atoms with van der Waals surface area (Å²) in [5, 5.41) is 0. The van der Waals surface area contributed by atoms with Gasteiger partial charge in [-0.2, -0.15) is 0 Å². The second kappa shape index (κ2) is 8.60. The van der Waals surface area contributed by atoms with E-state index in [4.69, 9.17) is 27.9 Å². The number of esters is 1. The molecule has 2 radical (unpaired) electrons. The summed E-state index contributed by atoms with van der Waals surface area (Å²) in [4.78, 5) is 10.6. The van der Waals surface area contributed by atoms with Crippen LogP contribution >= 0.6 is 23.2 Å². The summed E-state index contributed by atoms with van der Waals surface area (Å²) in [6.45, 7) is 3.74. The summed E-state index contributed by atoms with van der Waals surface area (Å²) in [6, 6.07) is 0.989. The minimum atomic E-state index is -0.366.